The number of nitrogens with zero attached hydrogens (tertiary/aromatic N) is 2. The maximum atomic E-state index is 8.37. The number of aromatic nitrogens is 2. The van der Waals surface area contributed by atoms with Crippen molar-refractivity contribution in [1.29, 1.82) is 0 Å². The Kier molecular flexibility index (Phi) is 3.26. The Bertz CT molecular complexity index is 1160. The maximum Gasteiger partial charge on any atom is 0.216 e. The van der Waals surface area contributed by atoms with Crippen molar-refractivity contribution in [3.8, 4) is 11.3 Å². The fraction of sp³-hybridized carbons (Fsp3) is 0.273. The fourth-order valence-corrected chi connectivity index (χ4v) is 3.40. The van der Waals surface area contributed by atoms with Crippen LogP contribution in [0.15, 0.2) is 53.3 Å². The highest BCUT2D eigenvalue weighted by Crippen LogP contribution is 2.36. The summed E-state index contributed by atoms with van der Waals surface area (Å²) in [5.74, 6) is -0.101. The molecule has 0 N–H and O–H groups in total. The molecule has 4 aromatic rings. The quantitative estimate of drug-likeness (QED) is 0.495. The number of pyridine rings is 2. The van der Waals surface area contributed by atoms with Crippen LogP contribution in [-0.2, 0) is 13.4 Å². The van der Waals surface area contributed by atoms with Gasteiger partial charge in [0.15, 0.2) is 11.8 Å². The summed E-state index contributed by atoms with van der Waals surface area (Å²) < 4.78 is 24.9. The minimum atomic E-state index is -1.37. The highest BCUT2D eigenvalue weighted by Gasteiger charge is 2.20. The summed E-state index contributed by atoms with van der Waals surface area (Å²) in [4.78, 5) is 4.16. The van der Waals surface area contributed by atoms with Crippen LogP contribution in [0.5, 0.6) is 0 Å². The zero-order valence-corrected chi connectivity index (χ0v) is 15.0. The lowest BCUT2D eigenvalue weighted by molar-refractivity contribution is -0.660. The fourth-order valence-electron chi connectivity index (χ4n) is 3.40. The molecule has 0 radical (unpaired) electrons. The zero-order valence-electron chi connectivity index (χ0n) is 17.0. The van der Waals surface area contributed by atoms with E-state index in [1.54, 1.807) is 12.4 Å². The van der Waals surface area contributed by atoms with Gasteiger partial charge >= 0.3 is 0 Å². The van der Waals surface area contributed by atoms with Gasteiger partial charge in [-0.1, -0.05) is 26.0 Å². The van der Waals surface area contributed by atoms with Gasteiger partial charge in [-0.3, -0.25) is 4.98 Å². The Balaban J connectivity index is 1.96. The van der Waals surface area contributed by atoms with Crippen molar-refractivity contribution in [3.05, 3.63) is 60.0 Å². The zero-order chi connectivity index (χ0) is 19.3. The number of benzene rings is 1. The Morgan fingerprint density at radius 3 is 2.76 bits per heavy atom. The first-order chi connectivity index (χ1) is 12.8. The Morgan fingerprint density at radius 1 is 1.16 bits per heavy atom. The molecule has 0 bridgehead atoms. The number of furan rings is 1. The van der Waals surface area contributed by atoms with E-state index in [1.807, 2.05) is 49.9 Å². The predicted molar refractivity (Wildman–Crippen MR) is 101 cm³/mol. The van der Waals surface area contributed by atoms with Gasteiger partial charge in [0.05, 0.1) is 11.8 Å². The van der Waals surface area contributed by atoms with Gasteiger partial charge in [0, 0.05) is 31.3 Å². The summed E-state index contributed by atoms with van der Waals surface area (Å²) in [6, 6.07) is 10.0. The van der Waals surface area contributed by atoms with Crippen LogP contribution < -0.4 is 4.57 Å². The monoisotopic (exact) mass is 333 g/mol. The van der Waals surface area contributed by atoms with Gasteiger partial charge in [-0.2, -0.15) is 0 Å². The van der Waals surface area contributed by atoms with Crippen molar-refractivity contribution in [2.24, 2.45) is 13.0 Å². The number of rotatable bonds is 3. The number of hydrogen-bond donors (Lipinski definition) is 0. The van der Waals surface area contributed by atoms with E-state index >= 15 is 0 Å². The normalized spacial score (nSPS) is 13.5. The molecular weight excluding hydrogens is 308 g/mol. The van der Waals surface area contributed by atoms with Gasteiger partial charge in [0.2, 0.25) is 5.69 Å². The van der Waals surface area contributed by atoms with E-state index in [4.69, 9.17) is 7.16 Å². The lowest BCUT2D eigenvalue weighted by atomic mass is 9.99. The van der Waals surface area contributed by atoms with Crippen LogP contribution in [0.25, 0.3) is 33.2 Å². The Hall–Kier alpha value is -2.68. The summed E-state index contributed by atoms with van der Waals surface area (Å²) in [6.07, 6.45) is 4.04. The molecule has 4 rings (SSSR count). The second kappa shape index (κ2) is 5.99. The first-order valence-electron chi connectivity index (χ1n) is 9.57. The highest BCUT2D eigenvalue weighted by molar-refractivity contribution is 6.09. The van der Waals surface area contributed by atoms with E-state index in [0.29, 0.717) is 5.56 Å². The van der Waals surface area contributed by atoms with Crippen LogP contribution in [0.3, 0.4) is 0 Å². The lowest BCUT2D eigenvalue weighted by Gasteiger charge is -2.08. The van der Waals surface area contributed by atoms with Crippen LogP contribution >= 0.6 is 0 Å². The topological polar surface area (TPSA) is 29.9 Å². The lowest BCUT2D eigenvalue weighted by Crippen LogP contribution is -2.31. The van der Waals surface area contributed by atoms with E-state index < -0.39 is 6.37 Å². The van der Waals surface area contributed by atoms with E-state index in [9.17, 15) is 0 Å². The second-order valence-corrected chi connectivity index (χ2v) is 6.82. The molecule has 0 unspecified atom stereocenters. The minimum Gasteiger partial charge on any atom is -0.454 e. The molecule has 0 atom stereocenters. The third kappa shape index (κ3) is 2.70. The molecule has 0 saturated carbocycles. The van der Waals surface area contributed by atoms with Crippen LogP contribution in [0.4, 0.5) is 0 Å². The second-order valence-electron chi connectivity index (χ2n) is 6.82. The molecule has 0 saturated heterocycles. The molecule has 1 aromatic carbocycles. The predicted octanol–water partition coefficient (Wildman–Crippen LogP) is 4.98. The average Bonchev–Trinajstić information content (AvgIpc) is 3.00. The molecule has 0 aliphatic heterocycles. The first-order valence-corrected chi connectivity index (χ1v) is 8.57. The minimum absolute atomic E-state index is 0.101. The van der Waals surface area contributed by atoms with Crippen molar-refractivity contribution < 1.29 is 11.7 Å². The molecule has 3 nitrogen and oxygen atoms in total. The number of hydrogen-bond acceptors (Lipinski definition) is 2. The number of fused-ring (bicyclic) bond motifs is 3. The van der Waals surface area contributed by atoms with Crippen molar-refractivity contribution in [1.82, 2.24) is 4.98 Å². The largest absolute Gasteiger partial charge is 0.454 e. The highest BCUT2D eigenvalue weighted by atomic mass is 16.3. The van der Waals surface area contributed by atoms with E-state index in [0.717, 1.165) is 38.8 Å². The molecule has 0 aliphatic rings. The van der Waals surface area contributed by atoms with Gasteiger partial charge in [-0.15, -0.1) is 0 Å². The Labute approximate surface area is 150 Å². The smallest absolute Gasteiger partial charge is 0.216 e. The molecule has 25 heavy (non-hydrogen) atoms. The van der Waals surface area contributed by atoms with Crippen molar-refractivity contribution in [2.75, 3.05) is 0 Å². The molecule has 3 heterocycles. The molecule has 0 fully saturated rings. The third-order valence-corrected chi connectivity index (χ3v) is 4.50. The summed E-state index contributed by atoms with van der Waals surface area (Å²) in [5.41, 5.74) is 5.44. The summed E-state index contributed by atoms with van der Waals surface area (Å²) in [6.45, 7) is 5.88. The first kappa shape index (κ1) is 13.6. The van der Waals surface area contributed by atoms with E-state index in [-0.39, 0.29) is 5.92 Å². The van der Waals surface area contributed by atoms with Crippen molar-refractivity contribution in [3.63, 3.8) is 0 Å². The van der Waals surface area contributed by atoms with Crippen LogP contribution in [0.2, 0.25) is 0 Å². The maximum absolute atomic E-state index is 8.37. The number of aryl methyl sites for hydroxylation is 2. The molecule has 0 amide bonds. The van der Waals surface area contributed by atoms with E-state index in [1.165, 1.54) is 0 Å². The molecular formula is C22H23N2O+. The van der Waals surface area contributed by atoms with Crippen LogP contribution in [0.1, 0.15) is 27.7 Å². The van der Waals surface area contributed by atoms with Gasteiger partial charge in [-0.05, 0) is 36.9 Å². The summed E-state index contributed by atoms with van der Waals surface area (Å²) in [7, 11) is 1.96. The molecule has 0 aliphatic carbocycles. The standard InChI is InChI=1S/C22H23N2O/c1-14(2)11-16-6-8-19(24(4)13-16)21-15(3)5-7-18-17-9-10-23-12-20(17)25-22(18)21/h5-10,12-14H,11H2,1-4H3/q+1/i11D2. The molecule has 126 valence electrons. The summed E-state index contributed by atoms with van der Waals surface area (Å²) in [5, 5.41) is 2.12. The molecule has 0 spiro atoms. The molecule has 3 aromatic heterocycles. The van der Waals surface area contributed by atoms with Gasteiger partial charge < -0.3 is 4.42 Å². The van der Waals surface area contributed by atoms with Crippen molar-refractivity contribution in [2.45, 2.75) is 27.1 Å². The van der Waals surface area contributed by atoms with Crippen LogP contribution in [-0.4, -0.2) is 4.98 Å². The van der Waals surface area contributed by atoms with Crippen molar-refractivity contribution >= 4 is 21.9 Å². The average molecular weight is 333 g/mol. The SMILES string of the molecule is [2H]C([2H])(c1ccc(-c2c(C)ccc3c2oc2cnccc23)[n+](C)c1)C(C)C. The third-order valence-electron chi connectivity index (χ3n) is 4.50. The van der Waals surface area contributed by atoms with E-state index in [2.05, 4.69) is 24.0 Å². The Morgan fingerprint density at radius 2 is 2.00 bits per heavy atom. The van der Waals surface area contributed by atoms with Gasteiger partial charge in [-0.25, -0.2) is 4.57 Å². The van der Waals surface area contributed by atoms with Gasteiger partial charge in [0.1, 0.15) is 12.6 Å². The molecule has 3 heteroatoms. The summed E-state index contributed by atoms with van der Waals surface area (Å²) >= 11 is 0. The van der Waals surface area contributed by atoms with Gasteiger partial charge in [0.25, 0.3) is 0 Å². The van der Waals surface area contributed by atoms with Crippen LogP contribution in [0, 0.1) is 12.8 Å².